The van der Waals surface area contributed by atoms with Crippen LogP contribution in [0.15, 0.2) is 0 Å². The van der Waals surface area contributed by atoms with E-state index < -0.39 is 0 Å². The summed E-state index contributed by atoms with van der Waals surface area (Å²) in [5.41, 5.74) is 6.09. The van der Waals surface area contributed by atoms with E-state index in [9.17, 15) is 0 Å². The number of nitrogens with two attached hydrogens (primary N) is 1. The molecule has 0 bridgehead atoms. The molecule has 0 amide bonds. The Kier molecular flexibility index (Phi) is 2.66. The molecule has 74 valence electrons. The Morgan fingerprint density at radius 1 is 1.46 bits per heavy atom. The highest BCUT2D eigenvalue weighted by molar-refractivity contribution is 4.89. The van der Waals surface area contributed by atoms with Crippen LogP contribution in [0.1, 0.15) is 26.6 Å². The minimum Gasteiger partial charge on any atom is -0.327 e. The molecule has 1 aromatic heterocycles. The van der Waals surface area contributed by atoms with Gasteiger partial charge >= 0.3 is 0 Å². The van der Waals surface area contributed by atoms with Crippen molar-refractivity contribution in [3.05, 3.63) is 5.82 Å². The average Bonchev–Trinajstić information content (AvgIpc) is 2.34. The van der Waals surface area contributed by atoms with Crippen molar-refractivity contribution in [2.75, 3.05) is 0 Å². The summed E-state index contributed by atoms with van der Waals surface area (Å²) in [5, 5.41) is 11.2. The van der Waals surface area contributed by atoms with E-state index in [0.29, 0.717) is 6.42 Å². The van der Waals surface area contributed by atoms with Gasteiger partial charge in [0.05, 0.1) is 0 Å². The van der Waals surface area contributed by atoms with Crippen molar-refractivity contribution in [1.82, 2.24) is 20.2 Å². The summed E-state index contributed by atoms with van der Waals surface area (Å²) in [6.45, 7) is 6.34. The predicted octanol–water partition coefficient (Wildman–Crippen LogP) is 0.126. The van der Waals surface area contributed by atoms with Crippen LogP contribution in [0.2, 0.25) is 0 Å². The Hall–Kier alpha value is -0.970. The number of nitrogens with zero attached hydrogens (tertiary/aromatic N) is 4. The van der Waals surface area contributed by atoms with E-state index in [2.05, 4.69) is 36.3 Å². The molecule has 0 aromatic carbocycles. The van der Waals surface area contributed by atoms with Gasteiger partial charge in [0.25, 0.3) is 0 Å². The molecule has 1 unspecified atom stereocenters. The maximum absolute atomic E-state index is 6.00. The molecule has 0 fully saturated rings. The van der Waals surface area contributed by atoms with E-state index >= 15 is 0 Å². The van der Waals surface area contributed by atoms with Crippen molar-refractivity contribution < 1.29 is 0 Å². The van der Waals surface area contributed by atoms with Gasteiger partial charge in [-0.2, -0.15) is 0 Å². The van der Waals surface area contributed by atoms with Crippen LogP contribution in [0.4, 0.5) is 0 Å². The first-order valence-electron chi connectivity index (χ1n) is 4.38. The van der Waals surface area contributed by atoms with Gasteiger partial charge in [-0.1, -0.05) is 20.8 Å². The van der Waals surface area contributed by atoms with Crippen LogP contribution in [0.3, 0.4) is 0 Å². The summed E-state index contributed by atoms with van der Waals surface area (Å²) in [6.07, 6.45) is 0.715. The zero-order valence-electron chi connectivity index (χ0n) is 8.65. The predicted molar refractivity (Wildman–Crippen MR) is 49.9 cm³/mol. The average molecular weight is 183 g/mol. The van der Waals surface area contributed by atoms with E-state index in [1.165, 1.54) is 0 Å². The number of hydrogen-bond acceptors (Lipinski definition) is 4. The second kappa shape index (κ2) is 3.41. The van der Waals surface area contributed by atoms with Gasteiger partial charge in [-0.15, -0.1) is 5.10 Å². The van der Waals surface area contributed by atoms with Gasteiger partial charge in [-0.25, -0.2) is 4.68 Å². The Bertz CT molecular complexity index is 272. The minimum absolute atomic E-state index is 0.0807. The van der Waals surface area contributed by atoms with Crippen molar-refractivity contribution in [3.63, 3.8) is 0 Å². The Morgan fingerprint density at radius 2 is 2.08 bits per heavy atom. The van der Waals surface area contributed by atoms with Crippen LogP contribution in [0.25, 0.3) is 0 Å². The topological polar surface area (TPSA) is 69.6 Å². The number of rotatable bonds is 2. The second-order valence-electron chi connectivity index (χ2n) is 4.40. The molecular formula is C8H17N5. The third-order valence-corrected chi connectivity index (χ3v) is 2.22. The maximum Gasteiger partial charge on any atom is 0.152 e. The molecule has 0 spiro atoms. The summed E-state index contributed by atoms with van der Waals surface area (Å²) in [6, 6.07) is 0.0807. The monoisotopic (exact) mass is 183 g/mol. The van der Waals surface area contributed by atoms with E-state index in [1.807, 2.05) is 7.05 Å². The first-order valence-corrected chi connectivity index (χ1v) is 4.38. The normalized spacial score (nSPS) is 14.5. The van der Waals surface area contributed by atoms with Crippen LogP contribution in [-0.4, -0.2) is 26.2 Å². The quantitative estimate of drug-likeness (QED) is 0.707. The van der Waals surface area contributed by atoms with Crippen LogP contribution < -0.4 is 5.73 Å². The van der Waals surface area contributed by atoms with Crippen molar-refractivity contribution in [2.24, 2.45) is 18.2 Å². The van der Waals surface area contributed by atoms with Crippen LogP contribution in [0.5, 0.6) is 0 Å². The molecular weight excluding hydrogens is 166 g/mol. The smallest absolute Gasteiger partial charge is 0.152 e. The lowest BCUT2D eigenvalue weighted by atomic mass is 9.85. The molecule has 0 radical (unpaired) electrons. The van der Waals surface area contributed by atoms with Gasteiger partial charge in [0.15, 0.2) is 5.82 Å². The zero-order valence-corrected chi connectivity index (χ0v) is 8.65. The van der Waals surface area contributed by atoms with Crippen LogP contribution in [-0.2, 0) is 13.5 Å². The molecule has 1 rings (SSSR count). The molecule has 2 N–H and O–H groups in total. The maximum atomic E-state index is 6.00. The number of aryl methyl sites for hydroxylation is 1. The molecule has 0 saturated heterocycles. The van der Waals surface area contributed by atoms with Crippen molar-refractivity contribution >= 4 is 0 Å². The summed E-state index contributed by atoms with van der Waals surface area (Å²) >= 11 is 0. The largest absolute Gasteiger partial charge is 0.327 e. The summed E-state index contributed by atoms with van der Waals surface area (Å²) in [7, 11) is 1.82. The van der Waals surface area contributed by atoms with Crippen molar-refractivity contribution in [3.8, 4) is 0 Å². The van der Waals surface area contributed by atoms with E-state index in [4.69, 9.17) is 5.73 Å². The van der Waals surface area contributed by atoms with E-state index in [0.717, 1.165) is 5.82 Å². The fourth-order valence-electron chi connectivity index (χ4n) is 0.924. The van der Waals surface area contributed by atoms with Crippen molar-refractivity contribution in [1.29, 1.82) is 0 Å². The molecule has 1 heterocycles. The Morgan fingerprint density at radius 3 is 2.46 bits per heavy atom. The number of hydrogen-bond donors (Lipinski definition) is 1. The first-order chi connectivity index (χ1) is 5.91. The number of aromatic nitrogens is 4. The molecule has 0 saturated carbocycles. The molecule has 1 atom stereocenters. The van der Waals surface area contributed by atoms with E-state index in [1.54, 1.807) is 4.68 Å². The lowest BCUT2D eigenvalue weighted by molar-refractivity contribution is 0.312. The summed E-state index contributed by atoms with van der Waals surface area (Å²) in [5.74, 6) is 0.836. The van der Waals surface area contributed by atoms with Crippen molar-refractivity contribution in [2.45, 2.75) is 33.2 Å². The van der Waals surface area contributed by atoms with Gasteiger partial charge in [0.1, 0.15) is 0 Å². The van der Waals surface area contributed by atoms with Crippen LogP contribution in [0, 0.1) is 5.41 Å². The molecule has 0 aliphatic heterocycles. The molecule has 13 heavy (non-hydrogen) atoms. The highest BCUT2D eigenvalue weighted by atomic mass is 15.5. The Balaban J connectivity index is 2.65. The molecule has 0 aliphatic carbocycles. The highest BCUT2D eigenvalue weighted by Gasteiger charge is 2.22. The second-order valence-corrected chi connectivity index (χ2v) is 4.40. The molecule has 1 aromatic rings. The standard InChI is InChI=1S/C8H17N5/c1-8(2,3)6(9)5-7-10-11-12-13(7)4/h6H,5,9H2,1-4H3. The molecule has 0 aliphatic rings. The summed E-state index contributed by atoms with van der Waals surface area (Å²) < 4.78 is 1.66. The third kappa shape index (κ3) is 2.48. The zero-order chi connectivity index (χ0) is 10.1. The summed E-state index contributed by atoms with van der Waals surface area (Å²) in [4.78, 5) is 0. The minimum atomic E-state index is 0.0807. The third-order valence-electron chi connectivity index (χ3n) is 2.22. The fourth-order valence-corrected chi connectivity index (χ4v) is 0.924. The van der Waals surface area contributed by atoms with Crippen LogP contribution >= 0.6 is 0 Å². The van der Waals surface area contributed by atoms with Gasteiger partial charge in [0, 0.05) is 19.5 Å². The number of tetrazole rings is 1. The highest BCUT2D eigenvalue weighted by Crippen LogP contribution is 2.19. The van der Waals surface area contributed by atoms with Gasteiger partial charge in [-0.05, 0) is 15.8 Å². The van der Waals surface area contributed by atoms with Gasteiger partial charge in [-0.3, -0.25) is 0 Å². The SMILES string of the molecule is Cn1nnnc1CC(N)C(C)(C)C. The Labute approximate surface area is 78.3 Å². The lowest BCUT2D eigenvalue weighted by Crippen LogP contribution is -2.37. The first kappa shape index (κ1) is 10.1. The van der Waals surface area contributed by atoms with Gasteiger partial charge in [0.2, 0.25) is 0 Å². The molecule has 5 nitrogen and oxygen atoms in total. The lowest BCUT2D eigenvalue weighted by Gasteiger charge is -2.26. The van der Waals surface area contributed by atoms with E-state index in [-0.39, 0.29) is 11.5 Å². The van der Waals surface area contributed by atoms with Gasteiger partial charge < -0.3 is 5.73 Å². The fraction of sp³-hybridized carbons (Fsp3) is 0.875. The molecule has 5 heteroatoms.